The molecule has 0 aromatic heterocycles. The van der Waals surface area contributed by atoms with Crippen LogP contribution in [0.25, 0.3) is 0 Å². The number of hydrogen-bond acceptors (Lipinski definition) is 2. The van der Waals surface area contributed by atoms with Gasteiger partial charge in [0.05, 0.1) is 9.92 Å². The third kappa shape index (κ3) is 5.23. The molecule has 1 aromatic rings. The fraction of sp³-hybridized carbons (Fsp3) is 0.500. The quantitative estimate of drug-likeness (QED) is 0.747. The number of hydrogen-bond donors (Lipinski definition) is 1. The lowest BCUT2D eigenvalue weighted by molar-refractivity contribution is 0.352. The largest absolute Gasteiger partial charge is 0.240 e. The van der Waals surface area contributed by atoms with Gasteiger partial charge in [-0.3, -0.25) is 0 Å². The van der Waals surface area contributed by atoms with E-state index in [1.54, 1.807) is 6.07 Å². The maximum Gasteiger partial charge on any atom is 0.240 e. The topological polar surface area (TPSA) is 46.2 Å². The van der Waals surface area contributed by atoms with Crippen molar-refractivity contribution in [3.05, 3.63) is 27.7 Å². The van der Waals surface area contributed by atoms with Crippen LogP contribution in [0.3, 0.4) is 0 Å². The van der Waals surface area contributed by atoms with Crippen LogP contribution >= 0.6 is 39.1 Å². The highest BCUT2D eigenvalue weighted by Crippen LogP contribution is 2.26. The van der Waals surface area contributed by atoms with Crippen molar-refractivity contribution in [1.29, 1.82) is 0 Å². The lowest BCUT2D eigenvalue weighted by Gasteiger charge is -2.23. The van der Waals surface area contributed by atoms with Crippen molar-refractivity contribution in [3.63, 3.8) is 0 Å². The van der Waals surface area contributed by atoms with Crippen molar-refractivity contribution < 1.29 is 8.42 Å². The van der Waals surface area contributed by atoms with Crippen molar-refractivity contribution in [1.82, 2.24) is 4.72 Å². The molecule has 0 aliphatic heterocycles. The zero-order valence-electron chi connectivity index (χ0n) is 10.7. The highest BCUT2D eigenvalue weighted by atomic mass is 79.9. The predicted molar refractivity (Wildman–Crippen MR) is 83.5 cm³/mol. The van der Waals surface area contributed by atoms with Gasteiger partial charge in [-0.1, -0.05) is 25.4 Å². The van der Waals surface area contributed by atoms with Crippen LogP contribution in [0.5, 0.6) is 0 Å². The maximum atomic E-state index is 12.1. The molecule has 1 rings (SSSR count). The molecule has 0 radical (unpaired) electrons. The Morgan fingerprint density at radius 2 is 2.00 bits per heavy atom. The van der Waals surface area contributed by atoms with E-state index in [9.17, 15) is 8.42 Å². The van der Waals surface area contributed by atoms with Gasteiger partial charge in [-0.25, -0.2) is 13.1 Å². The van der Waals surface area contributed by atoms with Crippen LogP contribution in [-0.4, -0.2) is 20.8 Å². The summed E-state index contributed by atoms with van der Waals surface area (Å²) in [5.74, 6) is 0.501. The van der Waals surface area contributed by atoms with Gasteiger partial charge in [0.1, 0.15) is 0 Å². The third-order valence-electron chi connectivity index (χ3n) is 2.71. The zero-order chi connectivity index (χ0) is 14.7. The summed E-state index contributed by atoms with van der Waals surface area (Å²) in [5.41, 5.74) is -0.182. The molecule has 1 aromatic carbocycles. The summed E-state index contributed by atoms with van der Waals surface area (Å²) in [7, 11) is -3.53. The van der Waals surface area contributed by atoms with E-state index in [1.165, 1.54) is 12.1 Å². The Bertz CT molecular complexity index is 547. The Morgan fingerprint density at radius 1 is 1.37 bits per heavy atom. The average molecular weight is 389 g/mol. The van der Waals surface area contributed by atoms with Gasteiger partial charge in [0.25, 0.3) is 0 Å². The highest BCUT2D eigenvalue weighted by Gasteiger charge is 2.22. The first-order valence-corrected chi connectivity index (χ1v) is 8.87. The van der Waals surface area contributed by atoms with Crippen LogP contribution in [0.4, 0.5) is 0 Å². The minimum atomic E-state index is -3.53. The second-order valence-electron chi connectivity index (χ2n) is 5.00. The third-order valence-corrected chi connectivity index (χ3v) is 5.52. The Hall–Kier alpha value is 0.190. The van der Waals surface area contributed by atoms with Gasteiger partial charge in [0.15, 0.2) is 0 Å². The number of halogens is 3. The minimum Gasteiger partial charge on any atom is -0.211 e. The molecule has 0 bridgehead atoms. The second kappa shape index (κ2) is 6.76. The molecule has 0 saturated carbocycles. The molecule has 0 spiro atoms. The SMILES string of the molecule is CC(C)(CCCl)CNS(=O)(=O)c1ccc(Cl)c(Br)c1. The van der Waals surface area contributed by atoms with E-state index in [1.807, 2.05) is 13.8 Å². The first kappa shape index (κ1) is 17.2. The number of benzene rings is 1. The Kier molecular flexibility index (Phi) is 6.14. The molecule has 7 heteroatoms. The van der Waals surface area contributed by atoms with E-state index in [0.717, 1.165) is 6.42 Å². The van der Waals surface area contributed by atoms with Gasteiger partial charge in [0, 0.05) is 16.9 Å². The Morgan fingerprint density at radius 3 is 2.53 bits per heavy atom. The van der Waals surface area contributed by atoms with Crippen molar-refractivity contribution in [2.45, 2.75) is 25.2 Å². The zero-order valence-corrected chi connectivity index (χ0v) is 14.6. The Balaban J connectivity index is 2.84. The maximum absolute atomic E-state index is 12.1. The number of alkyl halides is 1. The number of nitrogens with one attached hydrogen (secondary N) is 1. The van der Waals surface area contributed by atoms with E-state index < -0.39 is 10.0 Å². The molecule has 1 N–H and O–H groups in total. The van der Waals surface area contributed by atoms with Gasteiger partial charge in [-0.15, -0.1) is 11.6 Å². The fourth-order valence-corrected chi connectivity index (χ4v) is 3.79. The van der Waals surface area contributed by atoms with Crippen LogP contribution < -0.4 is 4.72 Å². The van der Waals surface area contributed by atoms with Crippen molar-refractivity contribution >= 4 is 49.2 Å². The molecule has 0 amide bonds. The first-order chi connectivity index (χ1) is 8.68. The molecule has 0 aliphatic carbocycles. The molecular formula is C12H16BrCl2NO2S. The van der Waals surface area contributed by atoms with Crippen LogP contribution in [0.2, 0.25) is 5.02 Å². The second-order valence-corrected chi connectivity index (χ2v) is 8.41. The molecule has 0 atom stereocenters. The molecular weight excluding hydrogens is 373 g/mol. The smallest absolute Gasteiger partial charge is 0.211 e. The summed E-state index contributed by atoms with van der Waals surface area (Å²) in [6.07, 6.45) is 0.737. The van der Waals surface area contributed by atoms with Crippen LogP contribution in [-0.2, 0) is 10.0 Å². The minimum absolute atomic E-state index is 0.182. The molecule has 0 heterocycles. The van der Waals surface area contributed by atoms with Gasteiger partial charge in [-0.2, -0.15) is 0 Å². The van der Waals surface area contributed by atoms with E-state index in [2.05, 4.69) is 20.7 Å². The summed E-state index contributed by atoms with van der Waals surface area (Å²) in [6, 6.07) is 4.51. The Labute approximate surface area is 132 Å². The van der Waals surface area contributed by atoms with Gasteiger partial charge in [-0.05, 0) is 46.0 Å². The van der Waals surface area contributed by atoms with Gasteiger partial charge in [0.2, 0.25) is 10.0 Å². The molecule has 108 valence electrons. The summed E-state index contributed by atoms with van der Waals surface area (Å²) >= 11 is 14.8. The van der Waals surface area contributed by atoms with Crippen LogP contribution in [0.15, 0.2) is 27.6 Å². The van der Waals surface area contributed by atoms with Crippen molar-refractivity contribution in [3.8, 4) is 0 Å². The van der Waals surface area contributed by atoms with E-state index >= 15 is 0 Å². The number of rotatable bonds is 6. The first-order valence-electron chi connectivity index (χ1n) is 5.69. The molecule has 19 heavy (non-hydrogen) atoms. The molecule has 0 unspecified atom stereocenters. The van der Waals surface area contributed by atoms with Crippen LogP contribution in [0, 0.1) is 5.41 Å². The monoisotopic (exact) mass is 387 g/mol. The normalized spacial score (nSPS) is 12.7. The number of sulfonamides is 1. The summed E-state index contributed by atoms with van der Waals surface area (Å²) in [5, 5.41) is 0.474. The standard InChI is InChI=1S/C12H16BrCl2NO2S/c1-12(2,5-6-14)8-16-19(17,18)9-3-4-11(15)10(13)7-9/h3-4,7,16H,5-6,8H2,1-2H3. The summed E-state index contributed by atoms with van der Waals surface area (Å²) in [6.45, 7) is 4.27. The van der Waals surface area contributed by atoms with E-state index in [-0.39, 0.29) is 10.3 Å². The lowest BCUT2D eigenvalue weighted by atomic mass is 9.91. The summed E-state index contributed by atoms with van der Waals surface area (Å²) in [4.78, 5) is 0.186. The van der Waals surface area contributed by atoms with Crippen LogP contribution in [0.1, 0.15) is 20.3 Å². The van der Waals surface area contributed by atoms with Gasteiger partial charge < -0.3 is 0 Å². The molecule has 3 nitrogen and oxygen atoms in total. The average Bonchev–Trinajstić information content (AvgIpc) is 2.30. The highest BCUT2D eigenvalue weighted by molar-refractivity contribution is 9.10. The van der Waals surface area contributed by atoms with Crippen molar-refractivity contribution in [2.24, 2.45) is 5.41 Å². The van der Waals surface area contributed by atoms with E-state index in [0.29, 0.717) is 21.9 Å². The fourth-order valence-electron chi connectivity index (χ4n) is 1.36. The molecule has 0 aliphatic rings. The summed E-state index contributed by atoms with van der Waals surface area (Å²) < 4.78 is 27.4. The molecule has 0 saturated heterocycles. The van der Waals surface area contributed by atoms with Gasteiger partial charge >= 0.3 is 0 Å². The molecule has 0 fully saturated rings. The predicted octanol–water partition coefficient (Wildman–Crippen LogP) is 4.04. The lowest BCUT2D eigenvalue weighted by Crippen LogP contribution is -2.34. The van der Waals surface area contributed by atoms with E-state index in [4.69, 9.17) is 23.2 Å². The van der Waals surface area contributed by atoms with Crippen molar-refractivity contribution in [2.75, 3.05) is 12.4 Å².